The maximum atomic E-state index is 14.8. The van der Waals surface area contributed by atoms with E-state index in [1.165, 1.54) is 77.7 Å². The number of hydrogen-bond acceptors (Lipinski definition) is 11. The number of allylic oxidation sites excluding steroid dienone is 2. The number of rotatable bonds is 16. The molecule has 374 valence electrons. The van der Waals surface area contributed by atoms with E-state index < -0.39 is 55.2 Å². The number of hydrogen-bond donors (Lipinski definition) is 2. The minimum atomic E-state index is -3.88. The van der Waals surface area contributed by atoms with Gasteiger partial charge in [-0.2, -0.15) is 10.2 Å². The molecule has 0 radical (unpaired) electrons. The minimum Gasteiger partial charge on any atom is -0.444 e. The van der Waals surface area contributed by atoms with Crippen LogP contribution in [0.4, 0.5) is 13.6 Å². The van der Waals surface area contributed by atoms with Crippen molar-refractivity contribution in [3.63, 3.8) is 0 Å². The van der Waals surface area contributed by atoms with Crippen LogP contribution in [0.5, 0.6) is 0 Å². The van der Waals surface area contributed by atoms with Gasteiger partial charge >= 0.3 is 6.09 Å². The molecule has 0 saturated heterocycles. The summed E-state index contributed by atoms with van der Waals surface area (Å²) in [5, 5.41) is 11.2. The van der Waals surface area contributed by atoms with Gasteiger partial charge in [0, 0.05) is 80.6 Å². The lowest BCUT2D eigenvalue weighted by atomic mass is 10.0. The quantitative estimate of drug-likeness (QED) is 0.111. The molecule has 25 heteroatoms. The van der Waals surface area contributed by atoms with Crippen LogP contribution < -0.4 is 10.2 Å². The van der Waals surface area contributed by atoms with E-state index in [2.05, 4.69) is 20.3 Å². The van der Waals surface area contributed by atoms with E-state index in [0.29, 0.717) is 33.6 Å². The van der Waals surface area contributed by atoms with Crippen LogP contribution in [-0.2, 0) is 37.9 Å². The second kappa shape index (κ2) is 23.6. The molecule has 0 fully saturated rings. The first kappa shape index (κ1) is 57.4. The van der Waals surface area contributed by atoms with Crippen LogP contribution in [0.1, 0.15) is 53.1 Å². The van der Waals surface area contributed by atoms with Crippen LogP contribution >= 0.6 is 35.0 Å². The number of amides is 3. The average Bonchev–Trinajstić information content (AvgIpc) is 3.72. The molecule has 68 heavy (non-hydrogen) atoms. The number of carbonyl (C=O) groups excluding carboxylic acids is 3. The topological polar surface area (TPSA) is 201 Å². The van der Waals surface area contributed by atoms with Crippen LogP contribution in [0.15, 0.2) is 70.0 Å². The fourth-order valence-corrected chi connectivity index (χ4v) is 9.04. The molecule has 4 aromatic rings. The Morgan fingerprint density at radius 2 is 1.06 bits per heavy atom. The minimum absolute atomic E-state index is 0.0226. The Balaban J connectivity index is 0.000000366. The summed E-state index contributed by atoms with van der Waals surface area (Å²) >= 11 is 17.7. The van der Waals surface area contributed by atoms with E-state index in [4.69, 9.17) is 39.7 Å². The number of ether oxygens (including phenoxy) is 1. The largest absolute Gasteiger partial charge is 0.444 e. The SMILES string of the molecule is Cc1nn(C/C(F)=C/CNC(=O)OC(C)(C)C)c(C(=O)N(C)C)c1-c1ccc(Cl)c(S(=O)(=O)N(C)C)c1.Cc1nn(C/C(F)=C/CNCl)c(C(=O)N(C)C)c1-c1ccc(Cl)c(S(=O)(=O)N(C)C)c1. The number of alkyl carbamates (subject to hydrolysis) is 1. The fraction of sp³-hybridized carbons (Fsp3) is 0.419. The van der Waals surface area contributed by atoms with Crippen molar-refractivity contribution >= 4 is 72.9 Å². The second-order valence-electron chi connectivity index (χ2n) is 16.7. The molecule has 0 saturated carbocycles. The number of halogens is 5. The highest BCUT2D eigenvalue weighted by Crippen LogP contribution is 2.36. The predicted molar refractivity (Wildman–Crippen MR) is 259 cm³/mol. The van der Waals surface area contributed by atoms with Crippen molar-refractivity contribution in [3.8, 4) is 22.3 Å². The smallest absolute Gasteiger partial charge is 0.407 e. The second-order valence-corrected chi connectivity index (χ2v) is 22.0. The van der Waals surface area contributed by atoms with Gasteiger partial charge in [0.05, 0.1) is 34.5 Å². The molecule has 4 rings (SSSR count). The van der Waals surface area contributed by atoms with Gasteiger partial charge < -0.3 is 19.9 Å². The Labute approximate surface area is 411 Å². The van der Waals surface area contributed by atoms with Crippen LogP contribution in [0, 0.1) is 13.8 Å². The number of carbonyl (C=O) groups is 3. The first-order valence-electron chi connectivity index (χ1n) is 20.4. The number of aromatic nitrogens is 4. The van der Waals surface area contributed by atoms with Crippen molar-refractivity contribution in [2.45, 2.75) is 63.1 Å². The van der Waals surface area contributed by atoms with Gasteiger partial charge in [0.1, 0.15) is 38.4 Å². The van der Waals surface area contributed by atoms with E-state index in [1.807, 2.05) is 0 Å². The van der Waals surface area contributed by atoms with Gasteiger partial charge in [-0.3, -0.25) is 19.0 Å². The zero-order chi connectivity index (χ0) is 51.8. The lowest BCUT2D eigenvalue weighted by molar-refractivity contribution is 0.0533. The molecular weight excluding hydrogens is 993 g/mol. The Morgan fingerprint density at radius 1 is 0.691 bits per heavy atom. The standard InChI is InChI=1S/C24H33ClFN5O5S.C19H24Cl2FN5O3S/c1-15-20(16-9-10-18(25)19(13-16)37(34,35)30(7)8)21(22(32)29(5)6)31(28-15)14-17(26)11-12-27-23(33)36-24(2,3)4;1-12-17(13-6-7-15(20)16(10-13)31(29,30)26(4)5)18(19(28)25(2)3)27(24-12)11-14(22)8-9-23-21/h9-11,13H,12,14H2,1-8H3,(H,27,33);6-8,10,23H,9,11H2,1-5H3/b17-11-;14-8-. The Morgan fingerprint density at radius 3 is 1.38 bits per heavy atom. The molecule has 2 N–H and O–H groups in total. The lowest BCUT2D eigenvalue weighted by Crippen LogP contribution is -2.32. The Hall–Kier alpha value is -4.94. The summed E-state index contributed by atoms with van der Waals surface area (Å²) in [6.45, 7) is 7.73. The van der Waals surface area contributed by atoms with Crippen molar-refractivity contribution in [1.82, 2.24) is 48.1 Å². The zero-order valence-corrected chi connectivity index (χ0v) is 43.9. The van der Waals surface area contributed by atoms with Gasteiger partial charge in [0.15, 0.2) is 0 Å². The lowest BCUT2D eigenvalue weighted by Gasteiger charge is -2.19. The molecule has 2 heterocycles. The highest BCUT2D eigenvalue weighted by Gasteiger charge is 2.30. The first-order chi connectivity index (χ1) is 31.4. The Kier molecular flexibility index (Phi) is 19.9. The maximum absolute atomic E-state index is 14.8. The number of aryl methyl sites for hydroxylation is 2. The maximum Gasteiger partial charge on any atom is 0.407 e. The normalized spacial score (nSPS) is 12.5. The van der Waals surface area contributed by atoms with Crippen molar-refractivity contribution in [3.05, 3.63) is 93.0 Å². The third kappa shape index (κ3) is 14.3. The fourth-order valence-electron chi connectivity index (χ4n) is 6.17. The summed E-state index contributed by atoms with van der Waals surface area (Å²) in [5.74, 6) is -2.06. The molecule has 0 bridgehead atoms. The first-order valence-corrected chi connectivity index (χ1v) is 24.4. The third-order valence-electron chi connectivity index (χ3n) is 9.40. The predicted octanol–water partition coefficient (Wildman–Crippen LogP) is 6.90. The van der Waals surface area contributed by atoms with Crippen LogP contribution in [0.2, 0.25) is 10.0 Å². The van der Waals surface area contributed by atoms with Gasteiger partial charge in [-0.25, -0.2) is 43.9 Å². The highest BCUT2D eigenvalue weighted by molar-refractivity contribution is 7.89. The van der Waals surface area contributed by atoms with E-state index in [0.717, 1.165) is 14.7 Å². The molecule has 0 aliphatic heterocycles. The van der Waals surface area contributed by atoms with Gasteiger partial charge in [-0.05, 0) is 93.9 Å². The molecular formula is C43H57Cl3F2N10O8S2. The van der Waals surface area contributed by atoms with E-state index in [-0.39, 0.29) is 57.4 Å². The summed E-state index contributed by atoms with van der Waals surface area (Å²) in [6.07, 6.45) is 1.69. The van der Waals surface area contributed by atoms with Gasteiger partial charge in [-0.15, -0.1) is 0 Å². The molecule has 3 amide bonds. The number of nitrogens with zero attached hydrogens (tertiary/aromatic N) is 8. The Bertz CT molecular complexity index is 2800. The molecule has 0 aliphatic carbocycles. The molecule has 0 aliphatic rings. The van der Waals surface area contributed by atoms with Crippen LogP contribution in [0.3, 0.4) is 0 Å². The van der Waals surface area contributed by atoms with Gasteiger partial charge in [0.2, 0.25) is 20.0 Å². The molecule has 2 aromatic carbocycles. The van der Waals surface area contributed by atoms with E-state index in [1.54, 1.807) is 74.9 Å². The third-order valence-corrected chi connectivity index (χ3v) is 14.1. The summed E-state index contributed by atoms with van der Waals surface area (Å²) in [6, 6.07) is 8.81. The van der Waals surface area contributed by atoms with Crippen molar-refractivity contribution < 1.29 is 44.7 Å². The van der Waals surface area contributed by atoms with Crippen molar-refractivity contribution in [2.24, 2.45) is 0 Å². The average molecular weight is 1050 g/mol. The van der Waals surface area contributed by atoms with Crippen LogP contribution in [-0.4, -0.2) is 148 Å². The van der Waals surface area contributed by atoms with Crippen molar-refractivity contribution in [1.29, 1.82) is 0 Å². The summed E-state index contributed by atoms with van der Waals surface area (Å²) in [4.78, 5) is 42.6. The van der Waals surface area contributed by atoms with Gasteiger partial charge in [-0.1, -0.05) is 35.3 Å². The molecule has 0 unspecified atom stereocenters. The zero-order valence-electron chi connectivity index (χ0n) is 40.0. The van der Waals surface area contributed by atoms with Crippen LogP contribution in [0.25, 0.3) is 22.3 Å². The number of nitrogens with one attached hydrogen (secondary N) is 2. The van der Waals surface area contributed by atoms with E-state index >= 15 is 0 Å². The molecule has 0 spiro atoms. The van der Waals surface area contributed by atoms with Gasteiger partial charge in [0.25, 0.3) is 11.8 Å². The highest BCUT2D eigenvalue weighted by atomic mass is 35.5. The molecule has 0 atom stereocenters. The number of benzene rings is 2. The van der Waals surface area contributed by atoms with Crippen molar-refractivity contribution in [2.75, 3.05) is 69.5 Å². The summed E-state index contributed by atoms with van der Waals surface area (Å²) in [5.41, 5.74) is 1.88. The number of sulfonamides is 2. The molecule has 18 nitrogen and oxygen atoms in total. The molecule has 2 aromatic heterocycles. The summed E-state index contributed by atoms with van der Waals surface area (Å²) < 4.78 is 89.7. The monoisotopic (exact) mass is 1050 g/mol. The summed E-state index contributed by atoms with van der Waals surface area (Å²) in [7, 11) is 4.06. The van der Waals surface area contributed by atoms with E-state index in [9.17, 15) is 40.0 Å².